The van der Waals surface area contributed by atoms with Crippen LogP contribution in [0.15, 0.2) is 30.3 Å². The molecule has 19 heavy (non-hydrogen) atoms. The molecule has 0 aliphatic rings. The Morgan fingerprint density at radius 2 is 2.11 bits per heavy atom. The van der Waals surface area contributed by atoms with E-state index in [1.54, 1.807) is 12.1 Å². The Kier molecular flexibility index (Phi) is 4.35. The van der Waals surface area contributed by atoms with Crippen LogP contribution in [0.2, 0.25) is 5.02 Å². The van der Waals surface area contributed by atoms with Gasteiger partial charge in [0.1, 0.15) is 23.9 Å². The van der Waals surface area contributed by atoms with Gasteiger partial charge in [-0.1, -0.05) is 11.6 Å². The van der Waals surface area contributed by atoms with Crippen molar-refractivity contribution in [3.05, 3.63) is 58.1 Å². The number of ether oxygens (including phenoxy) is 1. The van der Waals surface area contributed by atoms with Gasteiger partial charge in [0, 0.05) is 16.3 Å². The molecular weight excluding hydrogens is 269 g/mol. The molecule has 0 atom stereocenters. The van der Waals surface area contributed by atoms with Crippen LogP contribution in [0.3, 0.4) is 0 Å². The van der Waals surface area contributed by atoms with E-state index in [2.05, 4.69) is 4.98 Å². The van der Waals surface area contributed by atoms with Crippen molar-refractivity contribution in [2.45, 2.75) is 20.1 Å². The second-order valence-electron chi connectivity index (χ2n) is 4.08. The zero-order valence-electron chi connectivity index (χ0n) is 10.4. The van der Waals surface area contributed by atoms with E-state index < -0.39 is 0 Å². The number of hydrogen-bond donors (Lipinski definition) is 1. The highest BCUT2D eigenvalue weighted by atomic mass is 35.5. The number of rotatable bonds is 4. The standard InChI is InChI=1S/C14H13ClFNO2/c1-9-2-5-14(13(7-18)17-9)19-8-10-6-11(15)3-4-12(10)16/h2-6,18H,7-8H2,1H3. The van der Waals surface area contributed by atoms with Crippen LogP contribution < -0.4 is 4.74 Å². The number of benzene rings is 1. The minimum absolute atomic E-state index is 0.0319. The van der Waals surface area contributed by atoms with Crippen molar-refractivity contribution in [3.8, 4) is 5.75 Å². The summed E-state index contributed by atoms with van der Waals surface area (Å²) in [5, 5.41) is 9.65. The highest BCUT2D eigenvalue weighted by Crippen LogP contribution is 2.21. The summed E-state index contributed by atoms with van der Waals surface area (Å²) < 4.78 is 19.0. The number of pyridine rings is 1. The second kappa shape index (κ2) is 5.99. The van der Waals surface area contributed by atoms with E-state index in [0.29, 0.717) is 22.0 Å². The van der Waals surface area contributed by atoms with Crippen LogP contribution in [0.5, 0.6) is 5.75 Å². The number of aliphatic hydroxyl groups is 1. The molecule has 2 rings (SSSR count). The molecule has 0 aliphatic heterocycles. The minimum atomic E-state index is -0.380. The lowest BCUT2D eigenvalue weighted by atomic mass is 10.2. The molecule has 0 saturated heterocycles. The quantitative estimate of drug-likeness (QED) is 0.935. The van der Waals surface area contributed by atoms with Gasteiger partial charge in [-0.2, -0.15) is 0 Å². The predicted octanol–water partition coefficient (Wildman–Crippen LogP) is 3.25. The van der Waals surface area contributed by atoms with Gasteiger partial charge >= 0.3 is 0 Å². The van der Waals surface area contributed by atoms with Crippen molar-refractivity contribution >= 4 is 11.6 Å². The summed E-state index contributed by atoms with van der Waals surface area (Å²) in [6, 6.07) is 7.75. The Morgan fingerprint density at radius 3 is 2.84 bits per heavy atom. The van der Waals surface area contributed by atoms with Gasteiger partial charge in [-0.25, -0.2) is 4.39 Å². The molecule has 0 spiro atoms. The Hall–Kier alpha value is -1.65. The summed E-state index contributed by atoms with van der Waals surface area (Å²) >= 11 is 5.80. The van der Waals surface area contributed by atoms with Crippen LogP contribution in [0, 0.1) is 12.7 Å². The lowest BCUT2D eigenvalue weighted by Gasteiger charge is -2.10. The Morgan fingerprint density at radius 1 is 1.32 bits per heavy atom. The van der Waals surface area contributed by atoms with Crippen LogP contribution in [-0.2, 0) is 13.2 Å². The van der Waals surface area contributed by atoms with E-state index >= 15 is 0 Å². The Balaban J connectivity index is 2.16. The molecule has 0 unspecified atom stereocenters. The molecule has 5 heteroatoms. The van der Waals surface area contributed by atoms with E-state index in [1.165, 1.54) is 18.2 Å². The Bertz CT molecular complexity index is 590. The third kappa shape index (κ3) is 3.43. The first kappa shape index (κ1) is 13.8. The molecule has 0 saturated carbocycles. The van der Waals surface area contributed by atoms with Crippen LogP contribution in [0.25, 0.3) is 0 Å². The van der Waals surface area contributed by atoms with Crippen LogP contribution in [0.1, 0.15) is 17.0 Å². The molecule has 3 nitrogen and oxygen atoms in total. The second-order valence-corrected chi connectivity index (χ2v) is 4.52. The summed E-state index contributed by atoms with van der Waals surface area (Å²) in [7, 11) is 0. The first-order valence-corrected chi connectivity index (χ1v) is 6.12. The van der Waals surface area contributed by atoms with E-state index in [-0.39, 0.29) is 19.0 Å². The molecule has 0 radical (unpaired) electrons. The molecule has 1 N–H and O–H groups in total. The SMILES string of the molecule is Cc1ccc(OCc2cc(Cl)ccc2F)c(CO)n1. The molecule has 1 heterocycles. The van der Waals surface area contributed by atoms with E-state index in [1.807, 2.05) is 6.92 Å². The largest absolute Gasteiger partial charge is 0.487 e. The highest BCUT2D eigenvalue weighted by Gasteiger charge is 2.08. The van der Waals surface area contributed by atoms with Crippen LogP contribution >= 0.6 is 11.6 Å². The summed E-state index contributed by atoms with van der Waals surface area (Å²) in [4.78, 5) is 4.15. The summed E-state index contributed by atoms with van der Waals surface area (Å²) in [5.41, 5.74) is 1.57. The molecule has 2 aromatic rings. The van der Waals surface area contributed by atoms with Crippen LogP contribution in [-0.4, -0.2) is 10.1 Å². The van der Waals surface area contributed by atoms with Gasteiger partial charge in [0.15, 0.2) is 0 Å². The molecule has 1 aromatic heterocycles. The average Bonchev–Trinajstić information content (AvgIpc) is 2.40. The molecule has 0 aliphatic carbocycles. The van der Waals surface area contributed by atoms with Gasteiger partial charge in [0.25, 0.3) is 0 Å². The molecule has 0 bridgehead atoms. The number of aryl methyl sites for hydroxylation is 1. The fourth-order valence-corrected chi connectivity index (χ4v) is 1.85. The maximum Gasteiger partial charge on any atom is 0.143 e. The van der Waals surface area contributed by atoms with Gasteiger partial charge < -0.3 is 9.84 Å². The van der Waals surface area contributed by atoms with Gasteiger partial charge in [0.2, 0.25) is 0 Å². The summed E-state index contributed by atoms with van der Waals surface area (Å²) in [5.74, 6) is 0.0579. The number of aromatic nitrogens is 1. The van der Waals surface area contributed by atoms with Crippen LogP contribution in [0.4, 0.5) is 4.39 Å². The first-order chi connectivity index (χ1) is 9.10. The fraction of sp³-hybridized carbons (Fsp3) is 0.214. The van der Waals surface area contributed by atoms with Crippen molar-refractivity contribution in [1.82, 2.24) is 4.98 Å². The average molecular weight is 282 g/mol. The third-order valence-corrected chi connectivity index (χ3v) is 2.85. The summed E-state index contributed by atoms with van der Waals surface area (Å²) in [6.45, 7) is 1.62. The number of hydrogen-bond acceptors (Lipinski definition) is 3. The van der Waals surface area contributed by atoms with Gasteiger partial charge in [-0.05, 0) is 37.3 Å². The van der Waals surface area contributed by atoms with Crippen molar-refractivity contribution in [3.63, 3.8) is 0 Å². The van der Waals surface area contributed by atoms with Gasteiger partial charge in [-0.15, -0.1) is 0 Å². The third-order valence-electron chi connectivity index (χ3n) is 2.61. The topological polar surface area (TPSA) is 42.4 Å². The Labute approximate surface area is 115 Å². The number of halogens is 2. The number of aliphatic hydroxyl groups excluding tert-OH is 1. The van der Waals surface area contributed by atoms with Gasteiger partial charge in [-0.3, -0.25) is 4.98 Å². The zero-order chi connectivity index (χ0) is 13.8. The van der Waals surface area contributed by atoms with E-state index in [4.69, 9.17) is 16.3 Å². The van der Waals surface area contributed by atoms with Crippen molar-refractivity contribution in [1.29, 1.82) is 0 Å². The molecule has 1 aromatic carbocycles. The number of nitrogens with zero attached hydrogens (tertiary/aromatic N) is 1. The molecule has 0 amide bonds. The normalized spacial score (nSPS) is 10.5. The lowest BCUT2D eigenvalue weighted by molar-refractivity contribution is 0.251. The van der Waals surface area contributed by atoms with Crippen molar-refractivity contribution in [2.24, 2.45) is 0 Å². The van der Waals surface area contributed by atoms with E-state index in [0.717, 1.165) is 5.69 Å². The van der Waals surface area contributed by atoms with Gasteiger partial charge in [0.05, 0.1) is 6.61 Å². The monoisotopic (exact) mass is 281 g/mol. The van der Waals surface area contributed by atoms with Crippen molar-refractivity contribution < 1.29 is 14.2 Å². The summed E-state index contributed by atoms with van der Waals surface area (Å²) in [6.07, 6.45) is 0. The maximum atomic E-state index is 13.5. The molecular formula is C14H13ClFNO2. The van der Waals surface area contributed by atoms with E-state index in [9.17, 15) is 9.50 Å². The smallest absolute Gasteiger partial charge is 0.143 e. The minimum Gasteiger partial charge on any atom is -0.487 e. The maximum absolute atomic E-state index is 13.5. The predicted molar refractivity (Wildman–Crippen MR) is 70.6 cm³/mol. The first-order valence-electron chi connectivity index (χ1n) is 5.74. The highest BCUT2D eigenvalue weighted by molar-refractivity contribution is 6.30. The zero-order valence-corrected chi connectivity index (χ0v) is 11.1. The van der Waals surface area contributed by atoms with Crippen molar-refractivity contribution in [2.75, 3.05) is 0 Å². The fourth-order valence-electron chi connectivity index (χ4n) is 1.65. The lowest BCUT2D eigenvalue weighted by Crippen LogP contribution is -2.03. The molecule has 0 fully saturated rings. The molecule has 100 valence electrons.